The molecular weight excluding hydrogens is 332 g/mol. The van der Waals surface area contributed by atoms with Crippen LogP contribution in [0.15, 0.2) is 24.3 Å². The smallest absolute Gasteiger partial charge is 0.253 e. The molecule has 1 aliphatic carbocycles. The Balaban J connectivity index is 1.88. The third-order valence-electron chi connectivity index (χ3n) is 4.48. The van der Waals surface area contributed by atoms with E-state index < -0.39 is 0 Å². The standard InChI is InChI=1S/C19H28N4O3/c1-13(22-18(25)14-6-2-3-7-14)12-17(24)23-16-9-5-4-8-15(16)19(26)21-11-10-20/h4-5,8-9,13-14H,2-3,6-7,10-12,20H2,1H3,(H,21,26)(H,22,25)(H,23,24). The molecule has 2 rings (SSSR count). The van der Waals surface area contributed by atoms with Gasteiger partial charge in [-0.25, -0.2) is 0 Å². The summed E-state index contributed by atoms with van der Waals surface area (Å²) in [6.07, 6.45) is 4.19. The van der Waals surface area contributed by atoms with Gasteiger partial charge in [0.15, 0.2) is 0 Å². The van der Waals surface area contributed by atoms with E-state index in [1.54, 1.807) is 24.3 Å². The molecule has 7 nitrogen and oxygen atoms in total. The molecule has 0 aromatic heterocycles. The van der Waals surface area contributed by atoms with E-state index in [0.29, 0.717) is 24.3 Å². The van der Waals surface area contributed by atoms with Crippen LogP contribution in [-0.4, -0.2) is 36.9 Å². The first-order valence-corrected chi connectivity index (χ1v) is 9.18. The molecule has 1 aliphatic rings. The highest BCUT2D eigenvalue weighted by Crippen LogP contribution is 2.24. The number of nitrogens with two attached hydrogens (primary N) is 1. The number of hydrogen-bond donors (Lipinski definition) is 4. The van der Waals surface area contributed by atoms with E-state index in [0.717, 1.165) is 25.7 Å². The lowest BCUT2D eigenvalue weighted by atomic mass is 10.1. The molecule has 1 fully saturated rings. The number of benzene rings is 1. The topological polar surface area (TPSA) is 113 Å². The van der Waals surface area contributed by atoms with Gasteiger partial charge in [0.1, 0.15) is 0 Å². The fraction of sp³-hybridized carbons (Fsp3) is 0.526. The predicted molar refractivity (Wildman–Crippen MR) is 101 cm³/mol. The molecule has 0 spiro atoms. The maximum absolute atomic E-state index is 12.3. The van der Waals surface area contributed by atoms with Gasteiger partial charge in [0.05, 0.1) is 11.3 Å². The average Bonchev–Trinajstić information content (AvgIpc) is 3.14. The van der Waals surface area contributed by atoms with E-state index in [1.807, 2.05) is 6.92 Å². The Morgan fingerprint density at radius 3 is 2.58 bits per heavy atom. The number of nitrogens with one attached hydrogen (secondary N) is 3. The van der Waals surface area contributed by atoms with Crippen molar-refractivity contribution in [1.82, 2.24) is 10.6 Å². The lowest BCUT2D eigenvalue weighted by Crippen LogP contribution is -2.38. The van der Waals surface area contributed by atoms with Crippen molar-refractivity contribution in [3.05, 3.63) is 29.8 Å². The number of anilines is 1. The summed E-state index contributed by atoms with van der Waals surface area (Å²) in [6.45, 7) is 2.52. The maximum Gasteiger partial charge on any atom is 0.253 e. The minimum absolute atomic E-state index is 0.0318. The van der Waals surface area contributed by atoms with Crippen LogP contribution in [0.1, 0.15) is 49.4 Å². The molecule has 0 radical (unpaired) electrons. The van der Waals surface area contributed by atoms with E-state index in [2.05, 4.69) is 16.0 Å². The third kappa shape index (κ3) is 5.84. The highest BCUT2D eigenvalue weighted by atomic mass is 16.2. The summed E-state index contributed by atoms with van der Waals surface area (Å²) in [7, 11) is 0. The zero-order chi connectivity index (χ0) is 18.9. The van der Waals surface area contributed by atoms with Crippen molar-refractivity contribution in [2.24, 2.45) is 11.7 Å². The zero-order valence-electron chi connectivity index (χ0n) is 15.2. The van der Waals surface area contributed by atoms with Crippen LogP contribution < -0.4 is 21.7 Å². The Hall–Kier alpha value is -2.41. The summed E-state index contributed by atoms with van der Waals surface area (Å²) in [5.41, 5.74) is 6.23. The van der Waals surface area contributed by atoms with Crippen molar-refractivity contribution in [3.63, 3.8) is 0 Å². The van der Waals surface area contributed by atoms with Crippen LogP contribution in [-0.2, 0) is 9.59 Å². The third-order valence-corrected chi connectivity index (χ3v) is 4.48. The minimum atomic E-state index is -0.283. The van der Waals surface area contributed by atoms with Gasteiger partial charge in [-0.15, -0.1) is 0 Å². The zero-order valence-corrected chi connectivity index (χ0v) is 15.2. The molecule has 5 N–H and O–H groups in total. The van der Waals surface area contributed by atoms with Gasteiger partial charge in [0.2, 0.25) is 11.8 Å². The van der Waals surface area contributed by atoms with Gasteiger partial charge in [-0.2, -0.15) is 0 Å². The summed E-state index contributed by atoms with van der Waals surface area (Å²) >= 11 is 0. The van der Waals surface area contributed by atoms with Crippen LogP contribution in [0, 0.1) is 5.92 Å². The highest BCUT2D eigenvalue weighted by molar-refractivity contribution is 6.03. The van der Waals surface area contributed by atoms with Crippen LogP contribution in [0.4, 0.5) is 5.69 Å². The van der Waals surface area contributed by atoms with Crippen molar-refractivity contribution in [2.45, 2.75) is 45.1 Å². The second kappa shape index (κ2) is 9.91. The molecule has 0 saturated heterocycles. The number of carbonyl (C=O) groups excluding carboxylic acids is 3. The van der Waals surface area contributed by atoms with Gasteiger partial charge in [0.25, 0.3) is 5.91 Å². The number of hydrogen-bond acceptors (Lipinski definition) is 4. The molecule has 7 heteroatoms. The number of carbonyl (C=O) groups is 3. The molecule has 1 saturated carbocycles. The van der Waals surface area contributed by atoms with Crippen LogP contribution >= 0.6 is 0 Å². The summed E-state index contributed by atoms with van der Waals surface area (Å²) in [4.78, 5) is 36.6. The SMILES string of the molecule is CC(CC(=O)Nc1ccccc1C(=O)NCCN)NC(=O)C1CCCC1. The molecule has 0 aliphatic heterocycles. The molecule has 0 bridgehead atoms. The first-order valence-electron chi connectivity index (χ1n) is 9.18. The Labute approximate surface area is 154 Å². The van der Waals surface area contributed by atoms with E-state index in [9.17, 15) is 14.4 Å². The summed E-state index contributed by atoms with van der Waals surface area (Å²) in [5, 5.41) is 8.36. The number of para-hydroxylation sites is 1. The molecule has 1 atom stereocenters. The molecule has 1 aromatic rings. The Morgan fingerprint density at radius 2 is 1.88 bits per heavy atom. The van der Waals surface area contributed by atoms with Crippen LogP contribution in [0.3, 0.4) is 0 Å². The lowest BCUT2D eigenvalue weighted by Gasteiger charge is -2.17. The molecule has 142 valence electrons. The minimum Gasteiger partial charge on any atom is -0.353 e. The van der Waals surface area contributed by atoms with E-state index >= 15 is 0 Å². The van der Waals surface area contributed by atoms with Crippen molar-refractivity contribution >= 4 is 23.4 Å². The predicted octanol–water partition coefficient (Wildman–Crippen LogP) is 1.40. The fourth-order valence-electron chi connectivity index (χ4n) is 3.15. The monoisotopic (exact) mass is 360 g/mol. The average molecular weight is 360 g/mol. The van der Waals surface area contributed by atoms with Gasteiger partial charge >= 0.3 is 0 Å². The molecule has 1 aromatic carbocycles. The van der Waals surface area contributed by atoms with Crippen molar-refractivity contribution in [2.75, 3.05) is 18.4 Å². The number of amides is 3. The molecule has 0 heterocycles. The van der Waals surface area contributed by atoms with Crippen molar-refractivity contribution in [3.8, 4) is 0 Å². The Kier molecular flexibility index (Phi) is 7.59. The molecular formula is C19H28N4O3. The van der Waals surface area contributed by atoms with Gasteiger partial charge in [-0.05, 0) is 31.9 Å². The van der Waals surface area contributed by atoms with Crippen LogP contribution in [0.5, 0.6) is 0 Å². The van der Waals surface area contributed by atoms with Gasteiger partial charge < -0.3 is 21.7 Å². The molecule has 26 heavy (non-hydrogen) atoms. The van der Waals surface area contributed by atoms with E-state index in [-0.39, 0.29) is 36.1 Å². The highest BCUT2D eigenvalue weighted by Gasteiger charge is 2.24. The van der Waals surface area contributed by atoms with Gasteiger partial charge in [0, 0.05) is 31.5 Å². The Morgan fingerprint density at radius 1 is 1.19 bits per heavy atom. The maximum atomic E-state index is 12.3. The van der Waals surface area contributed by atoms with Crippen LogP contribution in [0.2, 0.25) is 0 Å². The first kappa shape index (κ1) is 19.9. The van der Waals surface area contributed by atoms with E-state index in [1.165, 1.54) is 0 Å². The normalized spacial score (nSPS) is 15.3. The summed E-state index contributed by atoms with van der Waals surface area (Å²) in [5.74, 6) is -0.422. The summed E-state index contributed by atoms with van der Waals surface area (Å²) in [6, 6.07) is 6.54. The second-order valence-corrected chi connectivity index (χ2v) is 6.73. The van der Waals surface area contributed by atoms with Crippen LogP contribution in [0.25, 0.3) is 0 Å². The molecule has 3 amide bonds. The number of rotatable bonds is 8. The van der Waals surface area contributed by atoms with Gasteiger partial charge in [-0.1, -0.05) is 25.0 Å². The molecule has 1 unspecified atom stereocenters. The largest absolute Gasteiger partial charge is 0.353 e. The summed E-state index contributed by atoms with van der Waals surface area (Å²) < 4.78 is 0. The second-order valence-electron chi connectivity index (χ2n) is 6.73. The Bertz CT molecular complexity index is 641. The quantitative estimate of drug-likeness (QED) is 0.561. The van der Waals surface area contributed by atoms with Gasteiger partial charge in [-0.3, -0.25) is 14.4 Å². The van der Waals surface area contributed by atoms with E-state index in [4.69, 9.17) is 5.73 Å². The van der Waals surface area contributed by atoms with Crippen molar-refractivity contribution < 1.29 is 14.4 Å². The fourth-order valence-corrected chi connectivity index (χ4v) is 3.15. The lowest BCUT2D eigenvalue weighted by molar-refractivity contribution is -0.125. The van der Waals surface area contributed by atoms with Crippen molar-refractivity contribution in [1.29, 1.82) is 0 Å². The first-order chi connectivity index (χ1) is 12.5.